The van der Waals surface area contributed by atoms with E-state index in [4.69, 9.17) is 5.11 Å². The van der Waals surface area contributed by atoms with Gasteiger partial charge in [-0.15, -0.1) is 10.2 Å². The van der Waals surface area contributed by atoms with Crippen LogP contribution in [-0.4, -0.2) is 39.9 Å². The van der Waals surface area contributed by atoms with E-state index in [1.807, 2.05) is 0 Å². The molecule has 0 unspecified atom stereocenters. The molecule has 0 amide bonds. The molecule has 2 N–H and O–H groups in total. The molecule has 2 rings (SSSR count). The Balaban J connectivity index is 2.17. The normalized spacial score (nSPS) is 11.0. The molecule has 9 heteroatoms. The molecule has 0 saturated heterocycles. The lowest BCUT2D eigenvalue weighted by Gasteiger charge is -2.06. The zero-order chi connectivity index (χ0) is 15.3. The Hall–Kier alpha value is -2.28. The first-order chi connectivity index (χ1) is 10.0. The van der Waals surface area contributed by atoms with Crippen molar-refractivity contribution < 1.29 is 13.5 Å². The van der Waals surface area contributed by atoms with E-state index in [0.717, 1.165) is 0 Å². The molecule has 0 aliphatic rings. The SMILES string of the molecule is Cn1cnnc1CNS(=O)(=O)c1cncc(C#CCO)c1. The van der Waals surface area contributed by atoms with Gasteiger partial charge in [-0.05, 0) is 6.07 Å². The van der Waals surface area contributed by atoms with Crippen molar-refractivity contribution in [1.29, 1.82) is 0 Å². The summed E-state index contributed by atoms with van der Waals surface area (Å²) in [5.74, 6) is 5.53. The molecule has 2 aromatic rings. The van der Waals surface area contributed by atoms with E-state index in [9.17, 15) is 8.42 Å². The number of aryl methyl sites for hydroxylation is 1. The van der Waals surface area contributed by atoms with E-state index < -0.39 is 10.0 Å². The minimum absolute atomic E-state index is 0.00518. The van der Waals surface area contributed by atoms with Crippen LogP contribution in [0.1, 0.15) is 11.4 Å². The van der Waals surface area contributed by atoms with Gasteiger partial charge in [0, 0.05) is 25.0 Å². The molecule has 0 bridgehead atoms. The number of pyridine rings is 1. The van der Waals surface area contributed by atoms with Crippen LogP contribution in [0, 0.1) is 11.8 Å². The Labute approximate surface area is 121 Å². The van der Waals surface area contributed by atoms with E-state index in [0.29, 0.717) is 11.4 Å². The summed E-state index contributed by atoms with van der Waals surface area (Å²) in [5, 5.41) is 16.1. The molecule has 0 aliphatic heterocycles. The van der Waals surface area contributed by atoms with Crippen molar-refractivity contribution >= 4 is 10.0 Å². The lowest BCUT2D eigenvalue weighted by Crippen LogP contribution is -2.25. The van der Waals surface area contributed by atoms with Crippen LogP contribution >= 0.6 is 0 Å². The van der Waals surface area contributed by atoms with E-state index in [-0.39, 0.29) is 18.0 Å². The number of aliphatic hydroxyl groups excluding tert-OH is 1. The first-order valence-corrected chi connectivity index (χ1v) is 7.38. The maximum atomic E-state index is 12.2. The zero-order valence-corrected chi connectivity index (χ0v) is 12.0. The fraction of sp³-hybridized carbons (Fsp3) is 0.250. The van der Waals surface area contributed by atoms with Crippen molar-refractivity contribution in [3.8, 4) is 11.8 Å². The van der Waals surface area contributed by atoms with Gasteiger partial charge in [0.2, 0.25) is 10.0 Å². The van der Waals surface area contributed by atoms with Crippen LogP contribution in [-0.2, 0) is 23.6 Å². The van der Waals surface area contributed by atoms with Crippen LogP contribution < -0.4 is 4.72 Å². The Morgan fingerprint density at radius 1 is 1.43 bits per heavy atom. The highest BCUT2D eigenvalue weighted by Gasteiger charge is 2.15. The van der Waals surface area contributed by atoms with Gasteiger partial charge >= 0.3 is 0 Å². The van der Waals surface area contributed by atoms with Crippen molar-refractivity contribution in [1.82, 2.24) is 24.5 Å². The summed E-state index contributed by atoms with van der Waals surface area (Å²) in [7, 11) is -2.01. The van der Waals surface area contributed by atoms with Crippen molar-refractivity contribution in [2.24, 2.45) is 7.05 Å². The number of rotatable bonds is 4. The molecule has 8 nitrogen and oxygen atoms in total. The van der Waals surface area contributed by atoms with E-state index >= 15 is 0 Å². The molecule has 2 aromatic heterocycles. The third-order valence-corrected chi connectivity index (χ3v) is 3.93. The van der Waals surface area contributed by atoms with Crippen LogP contribution in [0.25, 0.3) is 0 Å². The predicted molar refractivity (Wildman–Crippen MR) is 73.2 cm³/mol. The van der Waals surface area contributed by atoms with Crippen LogP contribution in [0.3, 0.4) is 0 Å². The van der Waals surface area contributed by atoms with E-state index in [2.05, 4.69) is 31.7 Å². The molecular weight excluding hydrogens is 294 g/mol. The molecule has 0 fully saturated rings. The maximum Gasteiger partial charge on any atom is 0.242 e. The van der Waals surface area contributed by atoms with Gasteiger partial charge in [0.1, 0.15) is 23.7 Å². The molecular formula is C12H13N5O3S. The van der Waals surface area contributed by atoms with E-state index in [1.165, 1.54) is 24.8 Å². The highest BCUT2D eigenvalue weighted by molar-refractivity contribution is 7.89. The van der Waals surface area contributed by atoms with Crippen molar-refractivity contribution in [3.05, 3.63) is 36.2 Å². The lowest BCUT2D eigenvalue weighted by molar-refractivity contribution is 0.350. The first-order valence-electron chi connectivity index (χ1n) is 5.90. The summed E-state index contributed by atoms with van der Waals surface area (Å²) >= 11 is 0. The standard InChI is InChI=1S/C12H13N5O3S/c1-17-9-14-16-12(17)8-15-21(19,20)11-5-10(3-2-4-18)6-13-7-11/h5-7,9,15,18H,4,8H2,1H3. The first kappa shape index (κ1) is 15.1. The largest absolute Gasteiger partial charge is 0.384 e. The quantitative estimate of drug-likeness (QED) is 0.703. The molecule has 2 heterocycles. The molecule has 0 aliphatic carbocycles. The number of sulfonamides is 1. The summed E-state index contributed by atoms with van der Waals surface area (Å²) < 4.78 is 28.3. The number of hydrogen-bond donors (Lipinski definition) is 2. The van der Waals surface area contributed by atoms with E-state index in [1.54, 1.807) is 11.6 Å². The Morgan fingerprint density at radius 2 is 2.24 bits per heavy atom. The fourth-order valence-electron chi connectivity index (χ4n) is 1.49. The Kier molecular flexibility index (Phi) is 4.64. The number of nitrogens with one attached hydrogen (secondary N) is 1. The molecule has 0 atom stereocenters. The average molecular weight is 307 g/mol. The second-order valence-corrected chi connectivity index (χ2v) is 5.82. The van der Waals surface area contributed by atoms with Crippen LogP contribution in [0.5, 0.6) is 0 Å². The maximum absolute atomic E-state index is 12.2. The van der Waals surface area contributed by atoms with Gasteiger partial charge in [-0.25, -0.2) is 13.1 Å². The average Bonchev–Trinajstić information content (AvgIpc) is 2.89. The molecule has 21 heavy (non-hydrogen) atoms. The van der Waals surface area contributed by atoms with Gasteiger partial charge in [0.15, 0.2) is 0 Å². The lowest BCUT2D eigenvalue weighted by atomic mass is 10.3. The number of hydrogen-bond acceptors (Lipinski definition) is 6. The third-order valence-electron chi connectivity index (χ3n) is 2.56. The third kappa shape index (κ3) is 3.85. The van der Waals surface area contributed by atoms with Crippen LogP contribution in [0.4, 0.5) is 0 Å². The second kappa shape index (κ2) is 6.45. The van der Waals surface area contributed by atoms with Crippen molar-refractivity contribution in [2.45, 2.75) is 11.4 Å². The van der Waals surface area contributed by atoms with Gasteiger partial charge in [0.05, 0.1) is 6.54 Å². The number of aromatic nitrogens is 4. The highest BCUT2D eigenvalue weighted by atomic mass is 32.2. The highest BCUT2D eigenvalue weighted by Crippen LogP contribution is 2.09. The van der Waals surface area contributed by atoms with Crippen molar-refractivity contribution in [2.75, 3.05) is 6.61 Å². The van der Waals surface area contributed by atoms with Gasteiger partial charge in [-0.2, -0.15) is 0 Å². The minimum atomic E-state index is -3.72. The summed E-state index contributed by atoms with van der Waals surface area (Å²) in [4.78, 5) is 3.82. The zero-order valence-electron chi connectivity index (χ0n) is 11.2. The summed E-state index contributed by atoms with van der Waals surface area (Å²) in [6.45, 7) is -0.285. The fourth-order valence-corrected chi connectivity index (χ4v) is 2.45. The van der Waals surface area contributed by atoms with Gasteiger partial charge < -0.3 is 9.67 Å². The molecule has 0 aromatic carbocycles. The predicted octanol–water partition coefficient (Wildman–Crippen LogP) is -0.968. The minimum Gasteiger partial charge on any atom is -0.384 e. The van der Waals surface area contributed by atoms with Crippen LogP contribution in [0.15, 0.2) is 29.7 Å². The molecule has 110 valence electrons. The molecule has 0 saturated carbocycles. The summed E-state index contributed by atoms with van der Waals surface area (Å²) in [5.41, 5.74) is 0.408. The summed E-state index contributed by atoms with van der Waals surface area (Å²) in [6, 6.07) is 1.38. The Bertz CT molecular complexity index is 788. The second-order valence-electron chi connectivity index (χ2n) is 4.05. The molecule has 0 spiro atoms. The topological polar surface area (TPSA) is 110 Å². The number of aliphatic hydroxyl groups is 1. The smallest absolute Gasteiger partial charge is 0.242 e. The summed E-state index contributed by atoms with van der Waals surface area (Å²) in [6.07, 6.45) is 4.13. The number of nitrogens with zero attached hydrogens (tertiary/aromatic N) is 4. The molecule has 0 radical (unpaired) electrons. The van der Waals surface area contributed by atoms with Crippen molar-refractivity contribution in [3.63, 3.8) is 0 Å². The monoisotopic (exact) mass is 307 g/mol. The van der Waals surface area contributed by atoms with Gasteiger partial charge in [-0.1, -0.05) is 11.8 Å². The van der Waals surface area contributed by atoms with Gasteiger partial charge in [-0.3, -0.25) is 4.98 Å². The Morgan fingerprint density at radius 3 is 2.90 bits per heavy atom. The van der Waals surface area contributed by atoms with Crippen LogP contribution in [0.2, 0.25) is 0 Å². The van der Waals surface area contributed by atoms with Gasteiger partial charge in [0.25, 0.3) is 0 Å².